The van der Waals surface area contributed by atoms with Crippen molar-refractivity contribution < 1.29 is 0 Å². The molecule has 0 amide bonds. The minimum atomic E-state index is 0.321. The largest absolute Gasteiger partial charge is 0.314 e. The number of aryl methyl sites for hydroxylation is 1. The lowest BCUT2D eigenvalue weighted by molar-refractivity contribution is 0.500. The van der Waals surface area contributed by atoms with Gasteiger partial charge in [-0.25, -0.2) is 0 Å². The Morgan fingerprint density at radius 3 is 2.63 bits per heavy atom. The van der Waals surface area contributed by atoms with Crippen LogP contribution >= 0.6 is 0 Å². The summed E-state index contributed by atoms with van der Waals surface area (Å²) < 4.78 is 2.36. The molecule has 0 saturated heterocycles. The second-order valence-corrected chi connectivity index (χ2v) is 5.42. The Hall–Kier alpha value is -1.64. The number of fused-ring (bicyclic) bond motifs is 1. The molecule has 100 valence electrons. The molecule has 0 fully saturated rings. The summed E-state index contributed by atoms with van der Waals surface area (Å²) in [4.78, 5) is 0. The number of hydrogen-bond donors (Lipinski definition) is 0. The third kappa shape index (κ3) is 2.55. The van der Waals surface area contributed by atoms with Crippen molar-refractivity contribution in [3.05, 3.63) is 47.5 Å². The first-order chi connectivity index (χ1) is 9.36. The van der Waals surface area contributed by atoms with E-state index in [1.807, 2.05) is 0 Å². The van der Waals surface area contributed by atoms with E-state index in [9.17, 15) is 0 Å². The summed E-state index contributed by atoms with van der Waals surface area (Å²) in [7, 11) is 0. The SMILES string of the molecule is C[C@H](c1ccccc1)c1nnc2n1CCCCCC2. The van der Waals surface area contributed by atoms with Crippen molar-refractivity contribution in [1.29, 1.82) is 0 Å². The number of hydrogen-bond acceptors (Lipinski definition) is 2. The molecule has 1 aromatic heterocycles. The molecule has 0 bridgehead atoms. The third-order valence-electron chi connectivity index (χ3n) is 4.07. The Morgan fingerprint density at radius 1 is 1.00 bits per heavy atom. The first-order valence-corrected chi connectivity index (χ1v) is 7.33. The maximum atomic E-state index is 4.47. The Labute approximate surface area is 114 Å². The number of aromatic nitrogens is 3. The topological polar surface area (TPSA) is 30.7 Å². The number of benzene rings is 1. The van der Waals surface area contributed by atoms with E-state index in [1.165, 1.54) is 37.1 Å². The molecule has 0 radical (unpaired) electrons. The van der Waals surface area contributed by atoms with Crippen LogP contribution in [0.25, 0.3) is 0 Å². The molecule has 2 heterocycles. The van der Waals surface area contributed by atoms with Crippen LogP contribution in [0.1, 0.15) is 55.7 Å². The minimum absolute atomic E-state index is 0.321. The molecular formula is C16H21N3. The zero-order valence-corrected chi connectivity index (χ0v) is 11.5. The standard InChI is InChI=1S/C16H21N3/c1-13(14-9-5-4-6-10-14)16-18-17-15-11-7-2-3-8-12-19(15)16/h4-6,9-10,13H,2-3,7-8,11-12H2,1H3/t13-/m1/s1. The van der Waals surface area contributed by atoms with Crippen LogP contribution in [0, 0.1) is 0 Å². The van der Waals surface area contributed by atoms with E-state index in [2.05, 4.69) is 52.0 Å². The summed E-state index contributed by atoms with van der Waals surface area (Å²) in [6, 6.07) is 10.6. The fourth-order valence-electron chi connectivity index (χ4n) is 2.90. The van der Waals surface area contributed by atoms with Gasteiger partial charge in [-0.3, -0.25) is 0 Å². The monoisotopic (exact) mass is 255 g/mol. The van der Waals surface area contributed by atoms with E-state index >= 15 is 0 Å². The van der Waals surface area contributed by atoms with Gasteiger partial charge < -0.3 is 4.57 Å². The van der Waals surface area contributed by atoms with Gasteiger partial charge in [0, 0.05) is 18.9 Å². The molecule has 1 atom stereocenters. The highest BCUT2D eigenvalue weighted by atomic mass is 15.3. The van der Waals surface area contributed by atoms with Gasteiger partial charge in [-0.15, -0.1) is 10.2 Å². The Morgan fingerprint density at radius 2 is 1.79 bits per heavy atom. The summed E-state index contributed by atoms with van der Waals surface area (Å²) >= 11 is 0. The van der Waals surface area contributed by atoms with Crippen LogP contribution < -0.4 is 0 Å². The smallest absolute Gasteiger partial charge is 0.140 e. The molecule has 0 saturated carbocycles. The third-order valence-corrected chi connectivity index (χ3v) is 4.07. The van der Waals surface area contributed by atoms with Crippen LogP contribution in [-0.4, -0.2) is 14.8 Å². The highest BCUT2D eigenvalue weighted by Crippen LogP contribution is 2.25. The first-order valence-electron chi connectivity index (χ1n) is 7.33. The van der Waals surface area contributed by atoms with Gasteiger partial charge in [0.15, 0.2) is 0 Å². The Bertz CT molecular complexity index is 530. The molecule has 3 rings (SSSR count). The molecule has 0 spiro atoms. The van der Waals surface area contributed by atoms with Crippen molar-refractivity contribution in [1.82, 2.24) is 14.8 Å². The van der Waals surface area contributed by atoms with Crippen LogP contribution in [0.4, 0.5) is 0 Å². The Kier molecular flexibility index (Phi) is 3.62. The van der Waals surface area contributed by atoms with Gasteiger partial charge in [-0.1, -0.05) is 50.1 Å². The average Bonchev–Trinajstić information content (AvgIpc) is 2.81. The lowest BCUT2D eigenvalue weighted by Crippen LogP contribution is -2.13. The highest BCUT2D eigenvalue weighted by Gasteiger charge is 2.19. The van der Waals surface area contributed by atoms with Crippen LogP contribution in [0.2, 0.25) is 0 Å². The van der Waals surface area contributed by atoms with Crippen LogP contribution in [-0.2, 0) is 13.0 Å². The van der Waals surface area contributed by atoms with Crippen LogP contribution in [0.3, 0.4) is 0 Å². The van der Waals surface area contributed by atoms with Crippen LogP contribution in [0.15, 0.2) is 30.3 Å². The zero-order chi connectivity index (χ0) is 13.1. The molecule has 0 N–H and O–H groups in total. The minimum Gasteiger partial charge on any atom is -0.314 e. The molecule has 3 nitrogen and oxygen atoms in total. The molecule has 0 unspecified atom stereocenters. The summed E-state index contributed by atoms with van der Waals surface area (Å²) in [6.07, 6.45) is 6.24. The molecule has 1 aromatic carbocycles. The van der Waals surface area contributed by atoms with E-state index in [4.69, 9.17) is 0 Å². The van der Waals surface area contributed by atoms with Crippen molar-refractivity contribution in [3.8, 4) is 0 Å². The highest BCUT2D eigenvalue weighted by molar-refractivity contribution is 5.25. The predicted molar refractivity (Wildman–Crippen MR) is 76.2 cm³/mol. The summed E-state index contributed by atoms with van der Waals surface area (Å²) in [5.74, 6) is 2.63. The fraction of sp³-hybridized carbons (Fsp3) is 0.500. The normalized spacial score (nSPS) is 17.3. The number of nitrogens with zero attached hydrogens (tertiary/aromatic N) is 3. The van der Waals surface area contributed by atoms with E-state index in [-0.39, 0.29) is 0 Å². The van der Waals surface area contributed by atoms with Gasteiger partial charge in [0.05, 0.1) is 0 Å². The second-order valence-electron chi connectivity index (χ2n) is 5.42. The van der Waals surface area contributed by atoms with E-state index in [0.717, 1.165) is 18.8 Å². The maximum absolute atomic E-state index is 4.47. The van der Waals surface area contributed by atoms with E-state index in [0.29, 0.717) is 5.92 Å². The van der Waals surface area contributed by atoms with Gasteiger partial charge in [0.25, 0.3) is 0 Å². The zero-order valence-electron chi connectivity index (χ0n) is 11.5. The van der Waals surface area contributed by atoms with Crippen molar-refractivity contribution in [2.24, 2.45) is 0 Å². The molecule has 2 aromatic rings. The lowest BCUT2D eigenvalue weighted by atomic mass is 10.00. The molecule has 0 aliphatic carbocycles. The van der Waals surface area contributed by atoms with Crippen molar-refractivity contribution in [3.63, 3.8) is 0 Å². The fourth-order valence-corrected chi connectivity index (χ4v) is 2.90. The molecular weight excluding hydrogens is 234 g/mol. The van der Waals surface area contributed by atoms with Gasteiger partial charge in [0.2, 0.25) is 0 Å². The van der Waals surface area contributed by atoms with Gasteiger partial charge in [0.1, 0.15) is 11.6 Å². The molecule has 19 heavy (non-hydrogen) atoms. The first kappa shape index (κ1) is 12.4. The average molecular weight is 255 g/mol. The number of rotatable bonds is 2. The van der Waals surface area contributed by atoms with E-state index in [1.54, 1.807) is 0 Å². The van der Waals surface area contributed by atoms with Gasteiger partial charge in [-0.2, -0.15) is 0 Å². The van der Waals surface area contributed by atoms with Crippen molar-refractivity contribution >= 4 is 0 Å². The van der Waals surface area contributed by atoms with Crippen molar-refractivity contribution in [2.75, 3.05) is 0 Å². The van der Waals surface area contributed by atoms with Crippen LogP contribution in [0.5, 0.6) is 0 Å². The van der Waals surface area contributed by atoms with Gasteiger partial charge in [-0.05, 0) is 18.4 Å². The molecule has 1 aliphatic heterocycles. The lowest BCUT2D eigenvalue weighted by Gasteiger charge is -2.17. The summed E-state index contributed by atoms with van der Waals surface area (Å²) in [5.41, 5.74) is 1.32. The van der Waals surface area contributed by atoms with Crippen molar-refractivity contribution in [2.45, 2.75) is 51.5 Å². The van der Waals surface area contributed by atoms with E-state index < -0.39 is 0 Å². The predicted octanol–water partition coefficient (Wildman–Crippen LogP) is 3.55. The maximum Gasteiger partial charge on any atom is 0.140 e. The summed E-state index contributed by atoms with van der Waals surface area (Å²) in [5, 5.41) is 8.89. The second kappa shape index (κ2) is 5.55. The van der Waals surface area contributed by atoms with Gasteiger partial charge >= 0.3 is 0 Å². The molecule has 1 aliphatic rings. The summed E-state index contributed by atoms with van der Waals surface area (Å²) in [6.45, 7) is 3.31. The quantitative estimate of drug-likeness (QED) is 0.821. The molecule has 3 heteroatoms. The Balaban J connectivity index is 1.92.